The molecule has 3 aromatic carbocycles. The number of phenolic OH excluding ortho intramolecular Hbond substituents is 1. The van der Waals surface area contributed by atoms with Gasteiger partial charge in [-0.3, -0.25) is 0 Å². The van der Waals surface area contributed by atoms with Gasteiger partial charge in [0.05, 0.1) is 5.02 Å². The number of aliphatic hydroxyl groups excluding tert-OH is 1. The normalized spacial score (nSPS) is 10.7. The summed E-state index contributed by atoms with van der Waals surface area (Å²) in [6.07, 6.45) is 0. The summed E-state index contributed by atoms with van der Waals surface area (Å²) in [5, 5.41) is 22.1. The molecule has 3 heteroatoms. The van der Waals surface area contributed by atoms with Crippen LogP contribution in [0.5, 0.6) is 5.75 Å². The van der Waals surface area contributed by atoms with Crippen LogP contribution in [-0.2, 0) is 0 Å². The van der Waals surface area contributed by atoms with Crippen molar-refractivity contribution in [1.29, 1.82) is 0 Å². The van der Waals surface area contributed by atoms with Crippen LogP contribution < -0.4 is 0 Å². The summed E-state index contributed by atoms with van der Waals surface area (Å²) in [6.45, 7) is 3.55. The van der Waals surface area contributed by atoms with Crippen LogP contribution in [0.3, 0.4) is 0 Å². The quantitative estimate of drug-likeness (QED) is 0.622. The van der Waals surface area contributed by atoms with E-state index in [9.17, 15) is 10.2 Å². The number of aliphatic hydroxyl groups is 1. The third kappa shape index (κ3) is 2.34. The number of benzene rings is 3. The van der Waals surface area contributed by atoms with E-state index in [4.69, 9.17) is 11.6 Å². The standard InChI is InChI=1S/C18H13ClO2/c1-11(20)13-9-8-12-4-2-5-14(15(12)10-13)18-16(19)6-3-7-17(18)21/h2-10,20-21H,1H2. The van der Waals surface area contributed by atoms with Gasteiger partial charge < -0.3 is 10.2 Å². The smallest absolute Gasteiger partial charge is 0.124 e. The highest BCUT2D eigenvalue weighted by atomic mass is 35.5. The summed E-state index contributed by atoms with van der Waals surface area (Å²) in [5.74, 6) is 0.137. The lowest BCUT2D eigenvalue weighted by atomic mass is 9.96. The first-order chi connectivity index (χ1) is 10.1. The van der Waals surface area contributed by atoms with E-state index in [1.54, 1.807) is 24.3 Å². The highest BCUT2D eigenvalue weighted by Gasteiger charge is 2.12. The maximum atomic E-state index is 10.1. The Morgan fingerprint density at radius 2 is 1.76 bits per heavy atom. The molecule has 0 aliphatic rings. The molecule has 0 atom stereocenters. The first-order valence-corrected chi connectivity index (χ1v) is 6.84. The zero-order valence-electron chi connectivity index (χ0n) is 11.2. The highest BCUT2D eigenvalue weighted by molar-refractivity contribution is 6.34. The first-order valence-electron chi connectivity index (χ1n) is 6.47. The van der Waals surface area contributed by atoms with Gasteiger partial charge in [-0.1, -0.05) is 54.6 Å². The molecule has 0 aromatic heterocycles. The van der Waals surface area contributed by atoms with Crippen molar-refractivity contribution in [3.8, 4) is 16.9 Å². The number of fused-ring (bicyclic) bond motifs is 1. The van der Waals surface area contributed by atoms with Crippen molar-refractivity contribution in [2.75, 3.05) is 0 Å². The van der Waals surface area contributed by atoms with E-state index in [-0.39, 0.29) is 11.5 Å². The van der Waals surface area contributed by atoms with Crippen LogP contribution >= 0.6 is 11.6 Å². The van der Waals surface area contributed by atoms with E-state index >= 15 is 0 Å². The molecular formula is C18H13ClO2. The molecule has 3 rings (SSSR count). The Morgan fingerprint density at radius 3 is 2.48 bits per heavy atom. The number of phenols is 1. The number of aromatic hydroxyl groups is 1. The Labute approximate surface area is 127 Å². The predicted molar refractivity (Wildman–Crippen MR) is 87.7 cm³/mol. The summed E-state index contributed by atoms with van der Waals surface area (Å²) in [5.41, 5.74) is 2.05. The number of rotatable bonds is 2. The van der Waals surface area contributed by atoms with E-state index in [2.05, 4.69) is 6.58 Å². The van der Waals surface area contributed by atoms with Crippen molar-refractivity contribution >= 4 is 28.1 Å². The monoisotopic (exact) mass is 296 g/mol. The minimum absolute atomic E-state index is 0.00934. The third-order valence-corrected chi connectivity index (χ3v) is 3.79. The van der Waals surface area contributed by atoms with E-state index in [0.29, 0.717) is 16.1 Å². The molecule has 0 spiro atoms. The number of hydrogen-bond acceptors (Lipinski definition) is 2. The zero-order valence-corrected chi connectivity index (χ0v) is 11.9. The molecule has 0 heterocycles. The van der Waals surface area contributed by atoms with Gasteiger partial charge in [-0.25, -0.2) is 0 Å². The average Bonchev–Trinajstić information content (AvgIpc) is 2.46. The molecule has 0 bridgehead atoms. The summed E-state index contributed by atoms with van der Waals surface area (Å²) in [6, 6.07) is 16.4. The molecule has 0 unspecified atom stereocenters. The van der Waals surface area contributed by atoms with Crippen LogP contribution in [-0.4, -0.2) is 10.2 Å². The molecule has 0 amide bonds. The molecule has 21 heavy (non-hydrogen) atoms. The average molecular weight is 297 g/mol. The van der Waals surface area contributed by atoms with Gasteiger partial charge in [0.15, 0.2) is 0 Å². The van der Waals surface area contributed by atoms with E-state index < -0.39 is 0 Å². The molecule has 0 saturated carbocycles. The van der Waals surface area contributed by atoms with Gasteiger partial charge >= 0.3 is 0 Å². The van der Waals surface area contributed by atoms with Gasteiger partial charge in [0, 0.05) is 11.1 Å². The minimum atomic E-state index is 0.00934. The molecule has 104 valence electrons. The molecule has 3 aromatic rings. The molecule has 0 fully saturated rings. The molecule has 0 radical (unpaired) electrons. The first kappa shape index (κ1) is 13.5. The molecule has 2 N–H and O–H groups in total. The predicted octanol–water partition coefficient (Wildman–Crippen LogP) is 5.39. The van der Waals surface area contributed by atoms with E-state index in [1.807, 2.05) is 30.3 Å². The highest BCUT2D eigenvalue weighted by Crippen LogP contribution is 2.39. The molecule has 0 saturated heterocycles. The van der Waals surface area contributed by atoms with Gasteiger partial charge in [-0.15, -0.1) is 0 Å². The van der Waals surface area contributed by atoms with Crippen molar-refractivity contribution in [2.24, 2.45) is 0 Å². The third-order valence-electron chi connectivity index (χ3n) is 3.48. The Morgan fingerprint density at radius 1 is 1.00 bits per heavy atom. The second-order valence-corrected chi connectivity index (χ2v) is 5.23. The Kier molecular flexibility index (Phi) is 3.32. The summed E-state index contributed by atoms with van der Waals surface area (Å²) in [7, 11) is 0. The van der Waals surface area contributed by atoms with Crippen molar-refractivity contribution < 1.29 is 10.2 Å². The second kappa shape index (κ2) is 5.15. The Bertz CT molecular complexity index is 833. The molecule has 0 aliphatic heterocycles. The molecule has 2 nitrogen and oxygen atoms in total. The maximum absolute atomic E-state index is 10.1. The summed E-state index contributed by atoms with van der Waals surface area (Å²) < 4.78 is 0. The minimum Gasteiger partial charge on any atom is -0.508 e. The van der Waals surface area contributed by atoms with Crippen molar-refractivity contribution in [3.05, 3.63) is 71.8 Å². The van der Waals surface area contributed by atoms with Gasteiger partial charge in [0.2, 0.25) is 0 Å². The number of halogens is 1. The van der Waals surface area contributed by atoms with Crippen LogP contribution in [0.2, 0.25) is 5.02 Å². The van der Waals surface area contributed by atoms with Gasteiger partial charge in [0.1, 0.15) is 11.5 Å². The summed E-state index contributed by atoms with van der Waals surface area (Å²) in [4.78, 5) is 0. The Hall–Kier alpha value is -2.45. The van der Waals surface area contributed by atoms with Crippen molar-refractivity contribution in [3.63, 3.8) is 0 Å². The lowest BCUT2D eigenvalue weighted by molar-refractivity contribution is 0.477. The van der Waals surface area contributed by atoms with Crippen LogP contribution in [0.1, 0.15) is 5.56 Å². The van der Waals surface area contributed by atoms with Gasteiger partial charge in [0.25, 0.3) is 0 Å². The molecular weight excluding hydrogens is 284 g/mol. The fourth-order valence-electron chi connectivity index (χ4n) is 2.45. The zero-order chi connectivity index (χ0) is 15.0. The molecule has 0 aliphatic carbocycles. The van der Waals surface area contributed by atoms with Gasteiger partial charge in [-0.05, 0) is 34.5 Å². The van der Waals surface area contributed by atoms with Crippen LogP contribution in [0.25, 0.3) is 27.7 Å². The summed E-state index contributed by atoms with van der Waals surface area (Å²) >= 11 is 6.24. The van der Waals surface area contributed by atoms with Crippen LogP contribution in [0, 0.1) is 0 Å². The lowest BCUT2D eigenvalue weighted by Gasteiger charge is -2.11. The van der Waals surface area contributed by atoms with E-state index in [1.165, 1.54) is 0 Å². The number of hydrogen-bond donors (Lipinski definition) is 2. The fraction of sp³-hybridized carbons (Fsp3) is 0. The largest absolute Gasteiger partial charge is 0.508 e. The Balaban J connectivity index is 2.37. The second-order valence-electron chi connectivity index (χ2n) is 4.82. The van der Waals surface area contributed by atoms with Crippen LogP contribution in [0.15, 0.2) is 61.2 Å². The lowest BCUT2D eigenvalue weighted by Crippen LogP contribution is -1.87. The van der Waals surface area contributed by atoms with Crippen molar-refractivity contribution in [2.45, 2.75) is 0 Å². The maximum Gasteiger partial charge on any atom is 0.124 e. The fourth-order valence-corrected chi connectivity index (χ4v) is 2.72. The van der Waals surface area contributed by atoms with Crippen molar-refractivity contribution in [1.82, 2.24) is 0 Å². The SMILES string of the molecule is C=C(O)c1ccc2cccc(-c3c(O)cccc3Cl)c2c1. The van der Waals surface area contributed by atoms with E-state index in [0.717, 1.165) is 16.3 Å². The van der Waals surface area contributed by atoms with Crippen LogP contribution in [0.4, 0.5) is 0 Å². The topological polar surface area (TPSA) is 40.5 Å². The van der Waals surface area contributed by atoms with Gasteiger partial charge in [-0.2, -0.15) is 0 Å².